The van der Waals surface area contributed by atoms with Gasteiger partial charge in [0.15, 0.2) is 0 Å². The predicted molar refractivity (Wildman–Crippen MR) is 135 cm³/mol. The second-order valence-electron chi connectivity index (χ2n) is 7.53. The van der Waals surface area contributed by atoms with E-state index in [9.17, 15) is 14.0 Å². The van der Waals surface area contributed by atoms with Gasteiger partial charge in [-0.3, -0.25) is 19.5 Å². The zero-order valence-corrected chi connectivity index (χ0v) is 20.4. The number of ether oxygens (including phenoxy) is 1. The summed E-state index contributed by atoms with van der Waals surface area (Å²) in [6.07, 6.45) is 1.73. The molecule has 1 N–H and O–H groups in total. The van der Waals surface area contributed by atoms with E-state index in [2.05, 4.69) is 10.3 Å². The SMILES string of the molecule is COCCN(CC(=O)Nc1nc(-c2ccccc2)cn1-c1ccc(F)c(Cl)c1)C(=O)c1cccs1. The van der Waals surface area contributed by atoms with Gasteiger partial charge in [0, 0.05) is 25.4 Å². The van der Waals surface area contributed by atoms with E-state index in [1.54, 1.807) is 34.3 Å². The highest BCUT2D eigenvalue weighted by molar-refractivity contribution is 7.12. The number of hydrogen-bond donors (Lipinski definition) is 1. The van der Waals surface area contributed by atoms with Gasteiger partial charge in [-0.2, -0.15) is 0 Å². The van der Waals surface area contributed by atoms with E-state index in [0.29, 0.717) is 16.3 Å². The van der Waals surface area contributed by atoms with Gasteiger partial charge < -0.3 is 9.64 Å². The first-order chi connectivity index (χ1) is 17.0. The van der Waals surface area contributed by atoms with Crippen LogP contribution in [0.2, 0.25) is 5.02 Å². The van der Waals surface area contributed by atoms with E-state index in [1.807, 2.05) is 30.3 Å². The Morgan fingerprint density at radius 2 is 1.97 bits per heavy atom. The number of methoxy groups -OCH3 is 1. The van der Waals surface area contributed by atoms with Crippen molar-refractivity contribution in [1.82, 2.24) is 14.5 Å². The Bertz CT molecular complexity index is 1310. The summed E-state index contributed by atoms with van der Waals surface area (Å²) in [5.74, 6) is -1.03. The molecular weight excluding hydrogens is 491 g/mol. The van der Waals surface area contributed by atoms with Crippen molar-refractivity contribution in [2.24, 2.45) is 0 Å². The molecule has 0 aliphatic heterocycles. The van der Waals surface area contributed by atoms with Gasteiger partial charge in [0.2, 0.25) is 11.9 Å². The second kappa shape index (κ2) is 11.3. The van der Waals surface area contributed by atoms with Crippen LogP contribution in [0.5, 0.6) is 0 Å². The van der Waals surface area contributed by atoms with Gasteiger partial charge in [-0.05, 0) is 29.6 Å². The highest BCUT2D eigenvalue weighted by atomic mass is 35.5. The number of amides is 2. The van der Waals surface area contributed by atoms with E-state index in [4.69, 9.17) is 16.3 Å². The van der Waals surface area contributed by atoms with Crippen LogP contribution in [0.3, 0.4) is 0 Å². The molecule has 0 radical (unpaired) electrons. The van der Waals surface area contributed by atoms with Crippen molar-refractivity contribution < 1.29 is 18.7 Å². The quantitative estimate of drug-likeness (QED) is 0.338. The number of rotatable bonds is 9. The average Bonchev–Trinajstić information content (AvgIpc) is 3.54. The monoisotopic (exact) mass is 512 g/mol. The molecule has 0 unspecified atom stereocenters. The number of nitrogens with one attached hydrogen (secondary N) is 1. The number of anilines is 1. The van der Waals surface area contributed by atoms with Gasteiger partial charge in [0.1, 0.15) is 12.4 Å². The molecule has 0 saturated carbocycles. The number of aromatic nitrogens is 2. The molecule has 10 heteroatoms. The lowest BCUT2D eigenvalue weighted by atomic mass is 10.2. The summed E-state index contributed by atoms with van der Waals surface area (Å²) in [6.45, 7) is 0.334. The predicted octanol–water partition coefficient (Wildman–Crippen LogP) is 5.12. The number of carbonyl (C=O) groups excluding carboxylic acids is 2. The van der Waals surface area contributed by atoms with Crippen molar-refractivity contribution in [2.75, 3.05) is 32.1 Å². The normalized spacial score (nSPS) is 10.8. The highest BCUT2D eigenvalue weighted by Crippen LogP contribution is 2.26. The Kier molecular flexibility index (Phi) is 7.91. The first-order valence-corrected chi connectivity index (χ1v) is 11.9. The average molecular weight is 513 g/mol. The van der Waals surface area contributed by atoms with Gasteiger partial charge >= 0.3 is 0 Å². The Labute approximate surface area is 210 Å². The summed E-state index contributed by atoms with van der Waals surface area (Å²) < 4.78 is 20.5. The highest BCUT2D eigenvalue weighted by Gasteiger charge is 2.21. The molecule has 0 aliphatic rings. The van der Waals surface area contributed by atoms with Crippen LogP contribution in [0.15, 0.2) is 72.2 Å². The molecule has 0 atom stereocenters. The molecule has 2 heterocycles. The lowest BCUT2D eigenvalue weighted by Gasteiger charge is -2.21. The smallest absolute Gasteiger partial charge is 0.264 e. The maximum absolute atomic E-state index is 13.8. The number of hydrogen-bond acceptors (Lipinski definition) is 5. The van der Waals surface area contributed by atoms with Crippen LogP contribution in [-0.2, 0) is 9.53 Å². The lowest BCUT2D eigenvalue weighted by molar-refractivity contribution is -0.117. The summed E-state index contributed by atoms with van der Waals surface area (Å²) >= 11 is 7.30. The summed E-state index contributed by atoms with van der Waals surface area (Å²) in [4.78, 5) is 32.4. The van der Waals surface area contributed by atoms with Gasteiger partial charge in [-0.1, -0.05) is 48.0 Å². The van der Waals surface area contributed by atoms with Gasteiger partial charge in [0.25, 0.3) is 5.91 Å². The topological polar surface area (TPSA) is 76.5 Å². The number of thiophene rings is 1. The lowest BCUT2D eigenvalue weighted by Crippen LogP contribution is -2.40. The van der Waals surface area contributed by atoms with Crippen molar-refractivity contribution in [3.05, 3.63) is 88.0 Å². The van der Waals surface area contributed by atoms with Gasteiger partial charge in [-0.25, -0.2) is 9.37 Å². The van der Waals surface area contributed by atoms with E-state index in [1.165, 1.54) is 35.5 Å². The minimum Gasteiger partial charge on any atom is -0.383 e. The van der Waals surface area contributed by atoms with Crippen molar-refractivity contribution >= 4 is 40.7 Å². The van der Waals surface area contributed by atoms with Crippen LogP contribution in [0.4, 0.5) is 10.3 Å². The molecule has 2 aromatic heterocycles. The molecule has 4 aromatic rings. The molecule has 35 heavy (non-hydrogen) atoms. The van der Waals surface area contributed by atoms with Crippen molar-refractivity contribution in [1.29, 1.82) is 0 Å². The fourth-order valence-electron chi connectivity index (χ4n) is 3.40. The standard InChI is InChI=1S/C25H22ClFN4O3S/c1-34-12-11-30(24(33)22-8-5-13-35-22)16-23(32)29-25-28-21(17-6-3-2-4-7-17)15-31(25)18-9-10-20(27)19(26)14-18/h2-10,13-15H,11-12,16H2,1H3,(H,28,29,32). The molecule has 0 fully saturated rings. The molecule has 180 valence electrons. The van der Waals surface area contributed by atoms with Crippen LogP contribution in [0.1, 0.15) is 9.67 Å². The summed E-state index contributed by atoms with van der Waals surface area (Å²) in [5.41, 5.74) is 1.96. The second-order valence-corrected chi connectivity index (χ2v) is 8.88. The van der Waals surface area contributed by atoms with Crippen LogP contribution >= 0.6 is 22.9 Å². The number of carbonyl (C=O) groups is 2. The molecule has 4 rings (SSSR count). The van der Waals surface area contributed by atoms with Crippen molar-refractivity contribution in [2.45, 2.75) is 0 Å². The Morgan fingerprint density at radius 1 is 1.17 bits per heavy atom. The third-order valence-corrected chi connectivity index (χ3v) is 6.27. The van der Waals surface area contributed by atoms with E-state index in [-0.39, 0.29) is 36.6 Å². The number of halogens is 2. The molecule has 0 aliphatic carbocycles. The summed E-state index contributed by atoms with van der Waals surface area (Å²) in [5, 5.41) is 4.53. The fraction of sp³-hybridized carbons (Fsp3) is 0.160. The summed E-state index contributed by atoms with van der Waals surface area (Å²) in [7, 11) is 1.53. The molecular formula is C25H22ClFN4O3S. The first-order valence-electron chi connectivity index (χ1n) is 10.7. The maximum Gasteiger partial charge on any atom is 0.264 e. The minimum atomic E-state index is -0.551. The molecule has 2 amide bonds. The molecule has 2 aromatic carbocycles. The Morgan fingerprint density at radius 3 is 2.66 bits per heavy atom. The van der Waals surface area contributed by atoms with Crippen LogP contribution in [0.25, 0.3) is 16.9 Å². The third-order valence-electron chi connectivity index (χ3n) is 5.13. The molecule has 7 nitrogen and oxygen atoms in total. The third kappa shape index (κ3) is 5.94. The van der Waals surface area contributed by atoms with Crippen molar-refractivity contribution in [3.8, 4) is 16.9 Å². The van der Waals surface area contributed by atoms with E-state index >= 15 is 0 Å². The largest absolute Gasteiger partial charge is 0.383 e. The van der Waals surface area contributed by atoms with E-state index < -0.39 is 11.7 Å². The molecule has 0 saturated heterocycles. The Balaban J connectivity index is 1.62. The minimum absolute atomic E-state index is 0.0537. The van der Waals surface area contributed by atoms with Crippen LogP contribution < -0.4 is 5.32 Å². The van der Waals surface area contributed by atoms with Gasteiger partial charge in [-0.15, -0.1) is 11.3 Å². The Hall–Kier alpha value is -3.53. The number of nitrogens with zero attached hydrogens (tertiary/aromatic N) is 3. The van der Waals surface area contributed by atoms with E-state index in [0.717, 1.165) is 5.56 Å². The zero-order valence-electron chi connectivity index (χ0n) is 18.8. The van der Waals surface area contributed by atoms with Crippen LogP contribution in [-0.4, -0.2) is 53.1 Å². The zero-order chi connectivity index (χ0) is 24.8. The van der Waals surface area contributed by atoms with Crippen LogP contribution in [0, 0.1) is 5.82 Å². The first kappa shape index (κ1) is 24.6. The maximum atomic E-state index is 13.8. The number of benzene rings is 2. The fourth-order valence-corrected chi connectivity index (χ4v) is 4.26. The molecule has 0 spiro atoms. The van der Waals surface area contributed by atoms with Gasteiger partial charge in [0.05, 0.1) is 27.9 Å². The van der Waals surface area contributed by atoms with Crippen molar-refractivity contribution in [3.63, 3.8) is 0 Å². The summed E-state index contributed by atoms with van der Waals surface area (Å²) in [6, 6.07) is 17.2. The molecule has 0 bridgehead atoms. The number of imidazole rings is 1.